The van der Waals surface area contributed by atoms with Gasteiger partial charge in [0, 0.05) is 75.3 Å². The predicted molar refractivity (Wildman–Crippen MR) is 329 cm³/mol. The van der Waals surface area contributed by atoms with Gasteiger partial charge in [0.25, 0.3) is 0 Å². The lowest BCUT2D eigenvalue weighted by Crippen LogP contribution is -2.55. The van der Waals surface area contributed by atoms with Crippen LogP contribution in [0.2, 0.25) is 0 Å². The van der Waals surface area contributed by atoms with Crippen molar-refractivity contribution in [1.29, 1.82) is 0 Å². The smallest absolute Gasteiger partial charge is 0.164 e. The molecule has 342 valence electrons. The van der Waals surface area contributed by atoms with E-state index in [1.807, 2.05) is 47.7 Å². The predicted octanol–water partition coefficient (Wildman–Crippen LogP) is 8.06. The van der Waals surface area contributed by atoms with Gasteiger partial charge in [0.05, 0.1) is 22.1 Å². The number of thiophene rings is 1. The molecule has 0 saturated carbocycles. The Morgan fingerprint density at radius 1 is 0.297 bits per heavy atom. The van der Waals surface area contributed by atoms with Crippen LogP contribution in [-0.2, 0) is 0 Å². The van der Waals surface area contributed by atoms with Crippen LogP contribution in [0.5, 0.6) is 0 Å². The lowest BCUT2D eigenvalue weighted by molar-refractivity contribution is 1.07. The van der Waals surface area contributed by atoms with Crippen molar-refractivity contribution in [3.8, 4) is 67.8 Å². The number of hydrogen-bond acceptors (Lipinski definition) is 4. The SMILES string of the molecule is Bc1c(B)c(B)c(-c2cccc3c2sc2c(-c4ccc5c6ccccc6n(-c6cccc(-c7nc(-c8ccccc8)nc(-c8ccccc8)n7)c6)c5c4)cc(-n4c5ccccc5c5ccccc54)cc23)c(B)c1B. The van der Waals surface area contributed by atoms with E-state index in [0.717, 1.165) is 44.7 Å². The summed E-state index contributed by atoms with van der Waals surface area (Å²) < 4.78 is 7.47. The zero-order chi connectivity index (χ0) is 49.8. The fourth-order valence-corrected chi connectivity index (χ4v) is 13.0. The summed E-state index contributed by atoms with van der Waals surface area (Å²) in [5, 5.41) is 7.41. The first-order valence-corrected chi connectivity index (χ1v) is 26.2. The van der Waals surface area contributed by atoms with Crippen LogP contribution in [-0.4, -0.2) is 63.3 Å². The van der Waals surface area contributed by atoms with E-state index in [9.17, 15) is 0 Å². The second-order valence-corrected chi connectivity index (χ2v) is 20.7. The Labute approximate surface area is 437 Å². The van der Waals surface area contributed by atoms with E-state index in [1.165, 1.54) is 96.8 Å². The molecule has 14 rings (SSSR count). The van der Waals surface area contributed by atoms with E-state index < -0.39 is 0 Å². The van der Waals surface area contributed by atoms with E-state index in [1.54, 1.807) is 0 Å². The highest BCUT2D eigenvalue weighted by Gasteiger charge is 2.23. The Hall–Kier alpha value is -8.65. The summed E-state index contributed by atoms with van der Waals surface area (Å²) in [6.45, 7) is 0. The zero-order valence-corrected chi connectivity index (χ0v) is 42.6. The monoisotopic (exact) mass is 957 g/mol. The summed E-state index contributed by atoms with van der Waals surface area (Å²) in [5.41, 5.74) is 21.4. The van der Waals surface area contributed by atoms with Gasteiger partial charge in [-0.25, -0.2) is 15.0 Å². The Balaban J connectivity index is 1.02. The summed E-state index contributed by atoms with van der Waals surface area (Å²) in [6.07, 6.45) is 0. The number of benzene rings is 10. The Morgan fingerprint density at radius 3 is 1.35 bits per heavy atom. The third kappa shape index (κ3) is 6.87. The fourth-order valence-electron chi connectivity index (χ4n) is 11.7. The van der Waals surface area contributed by atoms with Crippen molar-refractivity contribution in [2.24, 2.45) is 0 Å². The van der Waals surface area contributed by atoms with Crippen molar-refractivity contribution in [3.63, 3.8) is 0 Å². The quantitative estimate of drug-likeness (QED) is 0.152. The molecular weight excluding hydrogens is 913 g/mol. The van der Waals surface area contributed by atoms with Crippen LogP contribution in [0.4, 0.5) is 0 Å². The molecule has 0 bridgehead atoms. The van der Waals surface area contributed by atoms with E-state index in [0.29, 0.717) is 17.5 Å². The van der Waals surface area contributed by atoms with Crippen LogP contribution in [0.25, 0.3) is 132 Å². The second kappa shape index (κ2) is 17.3. The van der Waals surface area contributed by atoms with Gasteiger partial charge in [0.15, 0.2) is 17.5 Å². The molecule has 0 N–H and O–H groups in total. The van der Waals surface area contributed by atoms with Gasteiger partial charge in [0.2, 0.25) is 0 Å². The molecule has 11 heteroatoms. The van der Waals surface area contributed by atoms with Gasteiger partial charge >= 0.3 is 0 Å². The molecule has 0 aliphatic carbocycles. The maximum absolute atomic E-state index is 5.13. The number of rotatable bonds is 7. The van der Waals surface area contributed by atoms with Gasteiger partial charge in [-0.3, -0.25) is 0 Å². The molecule has 0 saturated heterocycles. The lowest BCUT2D eigenvalue weighted by atomic mass is 9.59. The van der Waals surface area contributed by atoms with E-state index in [4.69, 9.17) is 15.0 Å². The van der Waals surface area contributed by atoms with Gasteiger partial charge in [-0.05, 0) is 65.2 Å². The van der Waals surface area contributed by atoms with Crippen LogP contribution < -0.4 is 27.3 Å². The van der Waals surface area contributed by atoms with Gasteiger partial charge in [0.1, 0.15) is 39.2 Å². The molecule has 0 fully saturated rings. The molecular formula is C63H44B5N5S. The topological polar surface area (TPSA) is 48.5 Å². The summed E-state index contributed by atoms with van der Waals surface area (Å²) in [5.74, 6) is 1.90. The maximum atomic E-state index is 5.13. The number of para-hydroxylation sites is 3. The molecule has 4 heterocycles. The molecule has 0 spiro atoms. The highest BCUT2D eigenvalue weighted by Crippen LogP contribution is 2.47. The number of nitrogens with zero attached hydrogens (tertiary/aromatic N) is 5. The largest absolute Gasteiger partial charge is 0.309 e. The van der Waals surface area contributed by atoms with Crippen LogP contribution in [0.15, 0.2) is 206 Å². The van der Waals surface area contributed by atoms with Crippen molar-refractivity contribution in [2.75, 3.05) is 0 Å². The first kappa shape index (κ1) is 44.1. The van der Waals surface area contributed by atoms with Gasteiger partial charge in [-0.1, -0.05) is 169 Å². The van der Waals surface area contributed by atoms with Crippen molar-refractivity contribution in [2.45, 2.75) is 0 Å². The van der Waals surface area contributed by atoms with Crippen LogP contribution in [0.1, 0.15) is 0 Å². The highest BCUT2D eigenvalue weighted by molar-refractivity contribution is 7.27. The maximum Gasteiger partial charge on any atom is 0.164 e. The fraction of sp³-hybridized carbons (Fsp3) is 0. The van der Waals surface area contributed by atoms with E-state index in [-0.39, 0.29) is 0 Å². The molecule has 0 amide bonds. The zero-order valence-electron chi connectivity index (χ0n) is 41.8. The molecule has 0 radical (unpaired) electrons. The molecule has 0 aliphatic rings. The summed E-state index contributed by atoms with van der Waals surface area (Å²) in [7, 11) is 11.4. The normalized spacial score (nSPS) is 11.8. The minimum Gasteiger partial charge on any atom is -0.309 e. The van der Waals surface area contributed by atoms with Gasteiger partial charge < -0.3 is 9.13 Å². The summed E-state index contributed by atoms with van der Waals surface area (Å²) >= 11 is 1.93. The molecule has 74 heavy (non-hydrogen) atoms. The van der Waals surface area contributed by atoms with Crippen molar-refractivity contribution in [1.82, 2.24) is 24.1 Å². The van der Waals surface area contributed by atoms with E-state index in [2.05, 4.69) is 218 Å². The van der Waals surface area contributed by atoms with Gasteiger partial charge in [-0.2, -0.15) is 0 Å². The first-order chi connectivity index (χ1) is 36.3. The Morgan fingerprint density at radius 2 is 0.757 bits per heavy atom. The molecule has 10 aromatic carbocycles. The lowest BCUT2D eigenvalue weighted by Gasteiger charge is -2.20. The van der Waals surface area contributed by atoms with Crippen molar-refractivity contribution >= 4 is 142 Å². The molecule has 14 aromatic rings. The molecule has 5 nitrogen and oxygen atoms in total. The third-order valence-corrected chi connectivity index (χ3v) is 17.0. The minimum absolute atomic E-state index is 0.621. The average Bonchev–Trinajstić information content (AvgIpc) is 4.17. The van der Waals surface area contributed by atoms with Crippen molar-refractivity contribution < 1.29 is 0 Å². The van der Waals surface area contributed by atoms with Crippen LogP contribution in [0.3, 0.4) is 0 Å². The highest BCUT2D eigenvalue weighted by atomic mass is 32.1. The standard InChI is InChI=1S/C63H44B5N5S/c64-54-53(55(65)57(67)58(68)56(54)66)46-25-14-24-45-48-34-40(73-50-27-11-7-21-41(50)42-22-8-12-28-51(42)73)33-47(60(48)74-59(45)46)37-29-30-44-43-23-9-10-26-49(43)72(52(44)32-37)39-20-13-19-38(31-39)63-70-61(35-15-3-1-4-16-35)69-62(71-63)36-17-5-2-6-18-36/h1-34H,64-68H2. The molecule has 0 aliphatic heterocycles. The van der Waals surface area contributed by atoms with Gasteiger partial charge in [-0.15, -0.1) is 27.7 Å². The summed E-state index contributed by atoms with van der Waals surface area (Å²) in [4.78, 5) is 15.2. The number of fused-ring (bicyclic) bond motifs is 9. The molecule has 0 unspecified atom stereocenters. The summed E-state index contributed by atoms with van der Waals surface area (Å²) in [6, 6.07) is 74.3. The van der Waals surface area contributed by atoms with Crippen molar-refractivity contribution in [3.05, 3.63) is 206 Å². The molecule has 4 aromatic heterocycles. The Kier molecular flexibility index (Phi) is 10.3. The number of hydrogen-bond donors (Lipinski definition) is 0. The average molecular weight is 957 g/mol. The molecule has 0 atom stereocenters. The first-order valence-electron chi connectivity index (χ1n) is 25.4. The third-order valence-electron chi connectivity index (χ3n) is 15.7. The minimum atomic E-state index is 0.621. The van der Waals surface area contributed by atoms with Crippen LogP contribution >= 0.6 is 11.3 Å². The number of aromatic nitrogens is 5. The Bertz CT molecular complexity index is 4480. The van der Waals surface area contributed by atoms with Crippen LogP contribution in [0, 0.1) is 0 Å². The second-order valence-electron chi connectivity index (χ2n) is 19.7. The van der Waals surface area contributed by atoms with E-state index >= 15 is 0 Å².